The van der Waals surface area contributed by atoms with Crippen molar-refractivity contribution in [2.45, 2.75) is 51.6 Å². The highest BCUT2D eigenvalue weighted by atomic mass is 16.5. The predicted molar refractivity (Wildman–Crippen MR) is 84.2 cm³/mol. The third kappa shape index (κ3) is 2.05. The minimum Gasteiger partial charge on any atom is -0.487 e. The standard InChI is InChI=1S/C19H24O3/c1-11-3-4-14(18(20)21)10-17(11)22-19(2)15-6-12-5-13(8-15)9-16(19)7-12/h3-4,10,12-13,15-16H,5-9H2,1-2H3,(H,20,21). The van der Waals surface area contributed by atoms with Gasteiger partial charge >= 0.3 is 5.97 Å². The van der Waals surface area contributed by atoms with E-state index in [1.54, 1.807) is 12.1 Å². The lowest BCUT2D eigenvalue weighted by Crippen LogP contribution is -2.59. The molecule has 4 aliphatic carbocycles. The molecule has 5 rings (SSSR count). The zero-order valence-corrected chi connectivity index (χ0v) is 13.3. The maximum Gasteiger partial charge on any atom is 0.335 e. The Kier molecular flexibility index (Phi) is 3.04. The van der Waals surface area contributed by atoms with E-state index in [0.717, 1.165) is 23.1 Å². The molecule has 0 heterocycles. The first kappa shape index (κ1) is 14.1. The van der Waals surface area contributed by atoms with Crippen LogP contribution in [-0.4, -0.2) is 16.7 Å². The maximum atomic E-state index is 11.2. The van der Waals surface area contributed by atoms with Crippen LogP contribution in [0.5, 0.6) is 5.75 Å². The van der Waals surface area contributed by atoms with E-state index >= 15 is 0 Å². The smallest absolute Gasteiger partial charge is 0.335 e. The SMILES string of the molecule is Cc1ccc(C(=O)O)cc1OC1(C)C2CC3CC(C2)CC1C3. The zero-order chi connectivity index (χ0) is 15.5. The largest absolute Gasteiger partial charge is 0.487 e. The molecule has 0 atom stereocenters. The van der Waals surface area contributed by atoms with E-state index in [1.165, 1.54) is 32.1 Å². The van der Waals surface area contributed by atoms with Crippen molar-refractivity contribution >= 4 is 5.97 Å². The van der Waals surface area contributed by atoms with Crippen molar-refractivity contribution in [2.24, 2.45) is 23.7 Å². The van der Waals surface area contributed by atoms with Crippen LogP contribution in [0.15, 0.2) is 18.2 Å². The highest BCUT2D eigenvalue weighted by molar-refractivity contribution is 5.88. The number of carboxylic acid groups (broad SMARTS) is 1. The molecule has 0 spiro atoms. The zero-order valence-electron chi connectivity index (χ0n) is 13.3. The number of ether oxygens (including phenoxy) is 1. The molecule has 1 aromatic carbocycles. The molecule has 0 unspecified atom stereocenters. The minimum atomic E-state index is -0.889. The lowest BCUT2D eigenvalue weighted by molar-refractivity contribution is -0.145. The highest BCUT2D eigenvalue weighted by Crippen LogP contribution is 2.59. The summed E-state index contributed by atoms with van der Waals surface area (Å²) in [5.74, 6) is 2.96. The Morgan fingerprint density at radius 3 is 2.27 bits per heavy atom. The molecule has 3 nitrogen and oxygen atoms in total. The van der Waals surface area contributed by atoms with E-state index in [2.05, 4.69) is 6.92 Å². The van der Waals surface area contributed by atoms with Crippen LogP contribution in [0.4, 0.5) is 0 Å². The lowest BCUT2D eigenvalue weighted by atomic mass is 9.50. The van der Waals surface area contributed by atoms with E-state index in [0.29, 0.717) is 17.4 Å². The third-order valence-electron chi connectivity index (χ3n) is 6.52. The van der Waals surface area contributed by atoms with Gasteiger partial charge in [-0.1, -0.05) is 6.07 Å². The first-order chi connectivity index (χ1) is 10.5. The van der Waals surface area contributed by atoms with Gasteiger partial charge in [0, 0.05) is 0 Å². The van der Waals surface area contributed by atoms with Crippen LogP contribution in [-0.2, 0) is 0 Å². The molecule has 1 N–H and O–H groups in total. The summed E-state index contributed by atoms with van der Waals surface area (Å²) in [5.41, 5.74) is 1.23. The fourth-order valence-corrected chi connectivity index (χ4v) is 5.37. The van der Waals surface area contributed by atoms with E-state index in [-0.39, 0.29) is 5.60 Å². The number of aromatic carboxylic acids is 1. The molecule has 0 aliphatic heterocycles. The summed E-state index contributed by atoms with van der Waals surface area (Å²) < 4.78 is 6.54. The molecule has 0 radical (unpaired) electrons. The van der Waals surface area contributed by atoms with Gasteiger partial charge in [0.2, 0.25) is 0 Å². The number of hydrogen-bond donors (Lipinski definition) is 1. The Labute approximate surface area is 131 Å². The molecule has 4 aliphatic rings. The normalized spacial score (nSPS) is 39.0. The van der Waals surface area contributed by atoms with E-state index in [1.807, 2.05) is 13.0 Å². The van der Waals surface area contributed by atoms with Crippen LogP contribution in [0.3, 0.4) is 0 Å². The monoisotopic (exact) mass is 300 g/mol. The Balaban J connectivity index is 1.65. The van der Waals surface area contributed by atoms with Gasteiger partial charge in [-0.15, -0.1) is 0 Å². The number of carbonyl (C=O) groups is 1. The Hall–Kier alpha value is -1.51. The highest BCUT2D eigenvalue weighted by Gasteiger charge is 2.56. The van der Waals surface area contributed by atoms with Crippen LogP contribution in [0.25, 0.3) is 0 Å². The van der Waals surface area contributed by atoms with Crippen molar-refractivity contribution in [2.75, 3.05) is 0 Å². The van der Waals surface area contributed by atoms with Crippen LogP contribution in [0.1, 0.15) is 54.9 Å². The molecule has 0 amide bonds. The molecule has 3 heteroatoms. The summed E-state index contributed by atoms with van der Waals surface area (Å²) in [6.45, 7) is 4.27. The fraction of sp³-hybridized carbons (Fsp3) is 0.632. The number of rotatable bonds is 3. The molecule has 1 aromatic rings. The summed E-state index contributed by atoms with van der Waals surface area (Å²) in [7, 11) is 0. The van der Waals surface area contributed by atoms with E-state index in [9.17, 15) is 9.90 Å². The average Bonchev–Trinajstić information content (AvgIpc) is 2.46. The second-order valence-electron chi connectivity index (χ2n) is 7.88. The quantitative estimate of drug-likeness (QED) is 0.906. The topological polar surface area (TPSA) is 46.5 Å². The minimum absolute atomic E-state index is 0.116. The van der Waals surface area contributed by atoms with Gasteiger partial charge in [0.25, 0.3) is 0 Å². The summed E-state index contributed by atoms with van der Waals surface area (Å²) >= 11 is 0. The van der Waals surface area contributed by atoms with Gasteiger partial charge in [0.1, 0.15) is 11.4 Å². The predicted octanol–water partition coefficient (Wildman–Crippen LogP) is 4.29. The van der Waals surface area contributed by atoms with Crippen molar-refractivity contribution in [3.63, 3.8) is 0 Å². The van der Waals surface area contributed by atoms with Gasteiger partial charge in [0.15, 0.2) is 0 Å². The van der Waals surface area contributed by atoms with Crippen molar-refractivity contribution in [1.29, 1.82) is 0 Å². The molecule has 0 saturated heterocycles. The van der Waals surface area contributed by atoms with Crippen molar-refractivity contribution in [1.82, 2.24) is 0 Å². The van der Waals surface area contributed by atoms with E-state index in [4.69, 9.17) is 4.74 Å². The lowest BCUT2D eigenvalue weighted by Gasteiger charge is -2.59. The molecule has 118 valence electrons. The van der Waals surface area contributed by atoms with Crippen LogP contribution in [0.2, 0.25) is 0 Å². The van der Waals surface area contributed by atoms with Crippen LogP contribution in [0, 0.1) is 30.6 Å². The molecule has 4 saturated carbocycles. The van der Waals surface area contributed by atoms with E-state index < -0.39 is 5.97 Å². The Morgan fingerprint density at radius 2 is 1.73 bits per heavy atom. The van der Waals surface area contributed by atoms with Gasteiger partial charge < -0.3 is 9.84 Å². The second-order valence-corrected chi connectivity index (χ2v) is 7.88. The fourth-order valence-electron chi connectivity index (χ4n) is 5.37. The van der Waals surface area contributed by atoms with Gasteiger partial charge in [-0.05, 0) is 87.3 Å². The second kappa shape index (κ2) is 4.74. The maximum absolute atomic E-state index is 11.2. The van der Waals surface area contributed by atoms with Gasteiger partial charge in [-0.25, -0.2) is 4.79 Å². The van der Waals surface area contributed by atoms with Crippen LogP contribution < -0.4 is 4.74 Å². The third-order valence-corrected chi connectivity index (χ3v) is 6.52. The molecular weight excluding hydrogens is 276 g/mol. The van der Waals surface area contributed by atoms with Crippen LogP contribution >= 0.6 is 0 Å². The molecular formula is C19H24O3. The van der Waals surface area contributed by atoms with Crippen molar-refractivity contribution in [3.05, 3.63) is 29.3 Å². The first-order valence-corrected chi connectivity index (χ1v) is 8.48. The number of aryl methyl sites for hydroxylation is 1. The van der Waals surface area contributed by atoms with Crippen molar-refractivity contribution < 1.29 is 14.6 Å². The Morgan fingerprint density at radius 1 is 1.14 bits per heavy atom. The molecule has 22 heavy (non-hydrogen) atoms. The summed E-state index contributed by atoms with van der Waals surface area (Å²) in [6, 6.07) is 5.22. The molecule has 4 bridgehead atoms. The summed E-state index contributed by atoms with van der Waals surface area (Å²) in [6.07, 6.45) is 6.60. The summed E-state index contributed by atoms with van der Waals surface area (Å²) in [4.78, 5) is 11.2. The van der Waals surface area contributed by atoms with Gasteiger partial charge in [0.05, 0.1) is 5.56 Å². The average molecular weight is 300 g/mol. The van der Waals surface area contributed by atoms with Crippen molar-refractivity contribution in [3.8, 4) is 5.75 Å². The molecule has 0 aromatic heterocycles. The molecule has 4 fully saturated rings. The van der Waals surface area contributed by atoms with Gasteiger partial charge in [-0.2, -0.15) is 0 Å². The number of hydrogen-bond acceptors (Lipinski definition) is 2. The van der Waals surface area contributed by atoms with Gasteiger partial charge in [-0.3, -0.25) is 0 Å². The number of carboxylic acids is 1. The summed E-state index contributed by atoms with van der Waals surface area (Å²) in [5, 5.41) is 9.22. The number of benzene rings is 1. The first-order valence-electron chi connectivity index (χ1n) is 8.48. The Bertz CT molecular complexity index is 591.